The largest absolute Gasteiger partial charge is 0.529 e. The molecule has 0 spiro atoms. The zero-order chi connectivity index (χ0) is 18.6. The zero-order valence-electron chi connectivity index (χ0n) is 15.3. The Morgan fingerprint density at radius 3 is 2.36 bits per heavy atom. The van der Waals surface area contributed by atoms with Crippen LogP contribution in [0.3, 0.4) is 0 Å². The number of Topliss-reactive ketones (excluding diaryl/α,β-unsaturated/α-hetero) is 1. The molecule has 0 aromatic heterocycles. The number of carbonyl (C=O) groups excluding carboxylic acids is 2. The molecule has 0 heterocycles. The minimum Gasteiger partial charge on any atom is -0.407 e. The van der Waals surface area contributed by atoms with Crippen molar-refractivity contribution in [2.24, 2.45) is 11.8 Å². The minimum absolute atomic E-state index is 0.0217. The van der Waals surface area contributed by atoms with Gasteiger partial charge in [0.15, 0.2) is 5.12 Å². The fraction of sp³-hybridized carbons (Fsp3) is 0.765. The molecule has 25 heavy (non-hydrogen) atoms. The maximum Gasteiger partial charge on any atom is 0.529 e. The molecule has 0 unspecified atom stereocenters. The Balaban J connectivity index is 2.44. The summed E-state index contributed by atoms with van der Waals surface area (Å²) >= 11 is 1.07. The second-order valence-corrected chi connectivity index (χ2v) is 9.25. The summed E-state index contributed by atoms with van der Waals surface area (Å²) in [7, 11) is -3.77. The lowest BCUT2D eigenvalue weighted by Gasteiger charge is -2.36. The van der Waals surface area contributed by atoms with Crippen LogP contribution in [-0.4, -0.2) is 29.4 Å². The summed E-state index contributed by atoms with van der Waals surface area (Å²) in [4.78, 5) is 24.0. The van der Waals surface area contributed by atoms with E-state index in [9.17, 15) is 14.2 Å². The second-order valence-electron chi connectivity index (χ2n) is 6.34. The van der Waals surface area contributed by atoms with Crippen LogP contribution >= 0.6 is 19.6 Å². The quantitative estimate of drug-likeness (QED) is 0.565. The van der Waals surface area contributed by atoms with Crippen LogP contribution in [0, 0.1) is 11.8 Å². The summed E-state index contributed by atoms with van der Waals surface area (Å²) in [6.07, 6.45) is 3.54. The predicted molar refractivity (Wildman–Crippen MR) is 97.2 cm³/mol. The molecular weight excluding hydrogens is 363 g/mol. The van der Waals surface area contributed by atoms with Gasteiger partial charge in [0.1, 0.15) is 11.5 Å². The number of phosphoric acid groups is 1. The summed E-state index contributed by atoms with van der Waals surface area (Å²) in [6.45, 7) is 6.81. The van der Waals surface area contributed by atoms with Gasteiger partial charge in [0, 0.05) is 12.8 Å². The molecule has 0 aromatic rings. The maximum atomic E-state index is 12.9. The lowest BCUT2D eigenvalue weighted by Crippen LogP contribution is -2.35. The Labute approximate surface area is 153 Å². The van der Waals surface area contributed by atoms with Crippen LogP contribution in [0.4, 0.5) is 0 Å². The van der Waals surface area contributed by atoms with Crippen molar-refractivity contribution in [1.29, 1.82) is 0 Å². The second kappa shape index (κ2) is 8.85. The third kappa shape index (κ3) is 4.97. The van der Waals surface area contributed by atoms with E-state index in [1.165, 1.54) is 6.92 Å². The van der Waals surface area contributed by atoms with E-state index in [1.54, 1.807) is 20.8 Å². The monoisotopic (exact) mass is 390 g/mol. The highest BCUT2D eigenvalue weighted by Gasteiger charge is 2.45. The molecule has 0 bridgehead atoms. The molecule has 2 aliphatic carbocycles. The lowest BCUT2D eigenvalue weighted by molar-refractivity contribution is -0.121. The summed E-state index contributed by atoms with van der Waals surface area (Å²) in [5.74, 6) is 0.407. The molecule has 0 radical (unpaired) electrons. The third-order valence-electron chi connectivity index (χ3n) is 4.57. The molecule has 0 N–H and O–H groups in total. The first-order chi connectivity index (χ1) is 11.8. The Morgan fingerprint density at radius 1 is 1.20 bits per heavy atom. The third-order valence-corrected chi connectivity index (χ3v) is 7.27. The van der Waals surface area contributed by atoms with Crippen LogP contribution in [0.5, 0.6) is 0 Å². The van der Waals surface area contributed by atoms with Crippen molar-refractivity contribution in [3.63, 3.8) is 0 Å². The number of fused-ring (bicyclic) bond motifs is 1. The van der Waals surface area contributed by atoms with Gasteiger partial charge in [-0.15, -0.1) is 0 Å². The summed E-state index contributed by atoms with van der Waals surface area (Å²) in [5.41, 5.74) is 1.07. The van der Waals surface area contributed by atoms with Gasteiger partial charge in [-0.3, -0.25) is 18.6 Å². The molecule has 6 nitrogen and oxygen atoms in total. The van der Waals surface area contributed by atoms with Crippen molar-refractivity contribution >= 4 is 30.5 Å². The fourth-order valence-electron chi connectivity index (χ4n) is 3.63. The predicted octanol–water partition coefficient (Wildman–Crippen LogP) is 4.50. The van der Waals surface area contributed by atoms with E-state index in [0.717, 1.165) is 43.0 Å². The Hall–Kier alpha value is -0.620. The first-order valence-electron chi connectivity index (χ1n) is 8.80. The van der Waals surface area contributed by atoms with Crippen molar-refractivity contribution < 1.29 is 27.7 Å². The normalized spacial score (nSPS) is 26.5. The fourth-order valence-corrected chi connectivity index (χ4v) is 6.11. The molecule has 8 heteroatoms. The number of phosphoric ester groups is 1. The molecule has 0 aliphatic heterocycles. The average molecular weight is 390 g/mol. The van der Waals surface area contributed by atoms with Gasteiger partial charge in [-0.25, -0.2) is 4.57 Å². The maximum absolute atomic E-state index is 12.9. The van der Waals surface area contributed by atoms with E-state index >= 15 is 0 Å². The van der Waals surface area contributed by atoms with Crippen molar-refractivity contribution in [2.75, 3.05) is 13.2 Å². The number of carbonyl (C=O) groups is 2. The Kier molecular flexibility index (Phi) is 7.32. The van der Waals surface area contributed by atoms with E-state index in [-0.39, 0.29) is 35.9 Å². The molecule has 1 fully saturated rings. The van der Waals surface area contributed by atoms with Gasteiger partial charge in [0.05, 0.1) is 18.5 Å². The van der Waals surface area contributed by atoms with Crippen molar-refractivity contribution in [3.05, 3.63) is 11.3 Å². The number of hydrogen-bond acceptors (Lipinski definition) is 7. The van der Waals surface area contributed by atoms with Gasteiger partial charge in [0.2, 0.25) is 0 Å². The van der Waals surface area contributed by atoms with E-state index in [2.05, 4.69) is 0 Å². The van der Waals surface area contributed by atoms with Crippen molar-refractivity contribution in [1.82, 2.24) is 0 Å². The molecule has 0 amide bonds. The van der Waals surface area contributed by atoms with Gasteiger partial charge >= 0.3 is 7.82 Å². The van der Waals surface area contributed by atoms with Crippen LogP contribution < -0.4 is 0 Å². The molecule has 1 saturated carbocycles. The Bertz CT molecular complexity index is 592. The molecule has 3 atom stereocenters. The minimum atomic E-state index is -3.77. The first kappa shape index (κ1) is 20.7. The van der Waals surface area contributed by atoms with Gasteiger partial charge in [-0.2, -0.15) is 0 Å². The van der Waals surface area contributed by atoms with Gasteiger partial charge in [0.25, 0.3) is 0 Å². The van der Waals surface area contributed by atoms with Crippen LogP contribution in [-0.2, 0) is 27.7 Å². The van der Waals surface area contributed by atoms with Crippen molar-refractivity contribution in [2.45, 2.75) is 58.6 Å². The number of hydrogen-bond donors (Lipinski definition) is 0. The van der Waals surface area contributed by atoms with E-state index in [4.69, 9.17) is 13.6 Å². The molecule has 2 rings (SSSR count). The van der Waals surface area contributed by atoms with Crippen LogP contribution in [0.2, 0.25) is 0 Å². The molecule has 142 valence electrons. The lowest BCUT2D eigenvalue weighted by atomic mass is 9.79. The summed E-state index contributed by atoms with van der Waals surface area (Å²) < 4.78 is 29.3. The zero-order valence-corrected chi connectivity index (χ0v) is 17.0. The topological polar surface area (TPSA) is 78.9 Å². The van der Waals surface area contributed by atoms with E-state index in [0.29, 0.717) is 5.76 Å². The SMILES string of the molecule is CCOP(=O)(OCC)OC1=C2CCC[C@@H]2C[C@H](C(C)=O)[C@@H]1SC(C)=O. The van der Waals surface area contributed by atoms with Gasteiger partial charge in [-0.1, -0.05) is 11.8 Å². The van der Waals surface area contributed by atoms with Crippen LogP contribution in [0.25, 0.3) is 0 Å². The molecule has 0 saturated heterocycles. The number of thioether (sulfide) groups is 1. The Morgan fingerprint density at radius 2 is 1.84 bits per heavy atom. The van der Waals surface area contributed by atoms with E-state index < -0.39 is 13.1 Å². The average Bonchev–Trinajstić information content (AvgIpc) is 2.97. The number of rotatable bonds is 8. The number of allylic oxidation sites excluding steroid dienone is 1. The van der Waals surface area contributed by atoms with Gasteiger partial charge < -0.3 is 4.52 Å². The summed E-state index contributed by atoms with van der Waals surface area (Å²) in [5, 5.41) is -0.564. The smallest absolute Gasteiger partial charge is 0.407 e. The summed E-state index contributed by atoms with van der Waals surface area (Å²) in [6, 6.07) is 0. The molecule has 0 aromatic carbocycles. The highest BCUT2D eigenvalue weighted by Crippen LogP contribution is 2.57. The van der Waals surface area contributed by atoms with Gasteiger partial charge in [-0.05, 0) is 57.9 Å². The van der Waals surface area contributed by atoms with Crippen LogP contribution in [0.15, 0.2) is 11.3 Å². The van der Waals surface area contributed by atoms with E-state index in [1.807, 2.05) is 0 Å². The highest BCUT2D eigenvalue weighted by atomic mass is 32.2. The van der Waals surface area contributed by atoms with Crippen LogP contribution in [0.1, 0.15) is 53.4 Å². The standard InChI is InChI=1S/C17H27O6PS/c1-5-21-24(20,22-6-2)23-16-14-9-7-8-13(14)10-15(11(3)18)17(16)25-12(4)19/h13,15,17H,5-10H2,1-4H3/t13-,15-,17+/m1/s1. The molecular formula is C17H27O6PS. The molecule has 2 aliphatic rings. The highest BCUT2D eigenvalue weighted by molar-refractivity contribution is 8.14. The number of ketones is 1. The first-order valence-corrected chi connectivity index (χ1v) is 11.1. The van der Waals surface area contributed by atoms with Crippen molar-refractivity contribution in [3.8, 4) is 0 Å².